The molecule has 0 aromatic carbocycles. The van der Waals surface area contributed by atoms with Crippen molar-refractivity contribution in [2.45, 2.75) is 88.3 Å². The standard InChI is InChI=1S/C29H39N3O2S/c1-2-15-30-16-7-3-4-12-27(33)31-18-13-23(14-19-31)29-20-25(29)24(21-35-29)28(34)32-17-8-10-22-9-5-6-11-26(22)32/h2,15-16,21-23,25-26H,4-6,8-14,17-20H2,1H3/b15-2-,30-16?. The highest BCUT2D eigenvalue weighted by Gasteiger charge is 2.65. The van der Waals surface area contributed by atoms with Crippen LogP contribution in [0.15, 0.2) is 28.2 Å². The number of hydrogen-bond donors (Lipinski definition) is 0. The largest absolute Gasteiger partial charge is 0.343 e. The predicted molar refractivity (Wildman–Crippen MR) is 143 cm³/mol. The summed E-state index contributed by atoms with van der Waals surface area (Å²) in [5.41, 5.74) is 1.11. The quantitative estimate of drug-likeness (QED) is 0.392. The van der Waals surface area contributed by atoms with Crippen molar-refractivity contribution in [1.82, 2.24) is 9.80 Å². The number of piperidine rings is 2. The van der Waals surface area contributed by atoms with Gasteiger partial charge in [-0.3, -0.25) is 14.6 Å². The monoisotopic (exact) mass is 493 g/mol. The molecule has 3 aliphatic heterocycles. The van der Waals surface area contributed by atoms with Crippen molar-refractivity contribution in [3.8, 4) is 11.8 Å². The first-order chi connectivity index (χ1) is 17.1. The summed E-state index contributed by atoms with van der Waals surface area (Å²) < 4.78 is 0.236. The molecule has 5 rings (SSSR count). The van der Waals surface area contributed by atoms with Crippen LogP contribution in [0.5, 0.6) is 0 Å². The first-order valence-corrected chi connectivity index (χ1v) is 14.6. The number of amides is 2. The first kappa shape index (κ1) is 24.7. The van der Waals surface area contributed by atoms with Gasteiger partial charge in [0.2, 0.25) is 5.91 Å². The van der Waals surface area contributed by atoms with E-state index >= 15 is 0 Å². The van der Waals surface area contributed by atoms with E-state index in [-0.39, 0.29) is 10.7 Å². The zero-order valence-electron chi connectivity index (χ0n) is 21.1. The fourth-order valence-electron chi connectivity index (χ4n) is 7.04. The Labute approximate surface area is 214 Å². The molecule has 0 aromatic heterocycles. The second-order valence-corrected chi connectivity index (χ2v) is 12.1. The van der Waals surface area contributed by atoms with Crippen molar-refractivity contribution in [3.63, 3.8) is 0 Å². The lowest BCUT2D eigenvalue weighted by Crippen LogP contribution is -2.50. The Morgan fingerprint density at radius 1 is 1.14 bits per heavy atom. The zero-order chi connectivity index (χ0) is 24.3. The van der Waals surface area contributed by atoms with Crippen molar-refractivity contribution in [2.24, 2.45) is 22.7 Å². The summed E-state index contributed by atoms with van der Waals surface area (Å²) >= 11 is 1.94. The van der Waals surface area contributed by atoms with E-state index < -0.39 is 0 Å². The maximum atomic E-state index is 13.6. The molecule has 0 radical (unpaired) electrons. The Hall–Kier alpha value is -2.00. The third-order valence-corrected chi connectivity index (χ3v) is 10.6. The van der Waals surface area contributed by atoms with Crippen LogP contribution in [-0.2, 0) is 9.59 Å². The van der Waals surface area contributed by atoms with Crippen molar-refractivity contribution >= 4 is 29.8 Å². The van der Waals surface area contributed by atoms with Crippen LogP contribution in [0.4, 0.5) is 0 Å². The number of fused-ring (bicyclic) bond motifs is 2. The maximum Gasteiger partial charge on any atom is 0.250 e. The van der Waals surface area contributed by atoms with Gasteiger partial charge in [-0.15, -0.1) is 11.8 Å². The third-order valence-electron chi connectivity index (χ3n) is 8.96. The minimum Gasteiger partial charge on any atom is -0.343 e. The topological polar surface area (TPSA) is 53.0 Å². The van der Waals surface area contributed by atoms with Crippen LogP contribution in [0.1, 0.15) is 77.6 Å². The van der Waals surface area contributed by atoms with Crippen LogP contribution in [0, 0.1) is 29.6 Å². The van der Waals surface area contributed by atoms with Gasteiger partial charge in [0.1, 0.15) is 0 Å². The third kappa shape index (κ3) is 5.12. The van der Waals surface area contributed by atoms with E-state index in [4.69, 9.17) is 0 Å². The van der Waals surface area contributed by atoms with E-state index in [9.17, 15) is 9.59 Å². The van der Waals surface area contributed by atoms with Gasteiger partial charge >= 0.3 is 0 Å². The first-order valence-electron chi connectivity index (χ1n) is 13.7. The normalized spacial score (nSPS) is 32.7. The second-order valence-electron chi connectivity index (χ2n) is 10.9. The molecule has 2 amide bonds. The highest BCUT2D eigenvalue weighted by molar-refractivity contribution is 8.04. The van der Waals surface area contributed by atoms with Gasteiger partial charge < -0.3 is 9.80 Å². The van der Waals surface area contributed by atoms with Crippen LogP contribution < -0.4 is 0 Å². The lowest BCUT2D eigenvalue weighted by Gasteiger charge is -2.44. The SMILES string of the molecule is C/C=C\N=CC#CCCC(=O)N1CCC(C23CC2C(C(=O)N2CCCC4CCCCC42)=CS3)CC1. The summed E-state index contributed by atoms with van der Waals surface area (Å²) in [6.07, 6.45) is 17.1. The number of allylic oxidation sites excluding steroid dienone is 1. The number of carbonyl (C=O) groups is 2. The van der Waals surface area contributed by atoms with Crippen LogP contribution in [0.3, 0.4) is 0 Å². The Kier molecular flexibility index (Phi) is 7.72. The molecule has 4 fully saturated rings. The molecule has 3 heterocycles. The van der Waals surface area contributed by atoms with Gasteiger partial charge in [-0.05, 0) is 69.1 Å². The summed E-state index contributed by atoms with van der Waals surface area (Å²) in [6, 6.07) is 0.490. The number of likely N-dealkylation sites (tertiary alicyclic amines) is 2. The van der Waals surface area contributed by atoms with Gasteiger partial charge in [0.05, 0.1) is 6.21 Å². The number of carbonyl (C=O) groups excluding carboxylic acids is 2. The summed E-state index contributed by atoms with van der Waals surface area (Å²) in [7, 11) is 0. The minimum absolute atomic E-state index is 0.216. The van der Waals surface area contributed by atoms with Gasteiger partial charge in [0.25, 0.3) is 5.91 Å². The van der Waals surface area contributed by atoms with Crippen molar-refractivity contribution in [1.29, 1.82) is 0 Å². The molecular formula is C29H39N3O2S. The molecule has 188 valence electrons. The fourth-order valence-corrected chi connectivity index (χ4v) is 8.63. The van der Waals surface area contributed by atoms with E-state index in [0.717, 1.165) is 50.4 Å². The number of aliphatic imine (C=N–C) groups is 1. The predicted octanol–water partition coefficient (Wildman–Crippen LogP) is 5.18. The molecule has 2 aliphatic carbocycles. The van der Waals surface area contributed by atoms with E-state index in [1.807, 2.05) is 29.7 Å². The van der Waals surface area contributed by atoms with E-state index in [2.05, 4.69) is 27.1 Å². The molecular weight excluding hydrogens is 454 g/mol. The molecule has 5 nitrogen and oxygen atoms in total. The van der Waals surface area contributed by atoms with Gasteiger partial charge in [0, 0.05) is 61.0 Å². The molecule has 4 atom stereocenters. The summed E-state index contributed by atoms with van der Waals surface area (Å²) in [5, 5.41) is 2.22. The van der Waals surface area contributed by atoms with Crippen molar-refractivity contribution in [2.75, 3.05) is 19.6 Å². The van der Waals surface area contributed by atoms with E-state index in [1.165, 1.54) is 38.5 Å². The van der Waals surface area contributed by atoms with Crippen molar-refractivity contribution < 1.29 is 9.59 Å². The van der Waals surface area contributed by atoms with Gasteiger partial charge in [-0.2, -0.15) is 0 Å². The number of nitrogens with zero attached hydrogens (tertiary/aromatic N) is 3. The number of hydrogen-bond acceptors (Lipinski definition) is 4. The lowest BCUT2D eigenvalue weighted by molar-refractivity contribution is -0.133. The molecule has 6 heteroatoms. The van der Waals surface area contributed by atoms with Gasteiger partial charge in [0.15, 0.2) is 0 Å². The molecule has 0 spiro atoms. The Morgan fingerprint density at radius 3 is 2.74 bits per heavy atom. The summed E-state index contributed by atoms with van der Waals surface area (Å²) in [5.74, 6) is 8.24. The fraction of sp³-hybridized carbons (Fsp3) is 0.690. The highest BCUT2D eigenvalue weighted by atomic mass is 32.2. The maximum absolute atomic E-state index is 13.6. The molecule has 5 aliphatic rings. The van der Waals surface area contributed by atoms with E-state index in [1.54, 1.807) is 12.4 Å². The van der Waals surface area contributed by atoms with Crippen LogP contribution >= 0.6 is 11.8 Å². The Bertz CT molecular complexity index is 966. The molecule has 2 saturated carbocycles. The average Bonchev–Trinajstić information content (AvgIpc) is 3.52. The molecule has 0 N–H and O–H groups in total. The molecule has 35 heavy (non-hydrogen) atoms. The highest BCUT2D eigenvalue weighted by Crippen LogP contribution is 2.69. The Morgan fingerprint density at radius 2 is 1.94 bits per heavy atom. The minimum atomic E-state index is 0.216. The number of thioether (sulfide) groups is 1. The van der Waals surface area contributed by atoms with Crippen LogP contribution in [0.25, 0.3) is 0 Å². The molecule has 0 bridgehead atoms. The van der Waals surface area contributed by atoms with Gasteiger partial charge in [-0.1, -0.05) is 30.8 Å². The zero-order valence-corrected chi connectivity index (χ0v) is 21.9. The average molecular weight is 494 g/mol. The van der Waals surface area contributed by atoms with Crippen LogP contribution in [-0.4, -0.2) is 58.3 Å². The number of rotatable bonds is 5. The van der Waals surface area contributed by atoms with Crippen molar-refractivity contribution in [3.05, 3.63) is 23.3 Å². The smallest absolute Gasteiger partial charge is 0.250 e. The van der Waals surface area contributed by atoms with Gasteiger partial charge in [-0.25, -0.2) is 0 Å². The second kappa shape index (κ2) is 10.9. The Balaban J connectivity index is 1.09. The molecule has 2 saturated heterocycles. The molecule has 0 aromatic rings. The van der Waals surface area contributed by atoms with Crippen LogP contribution in [0.2, 0.25) is 0 Å². The van der Waals surface area contributed by atoms with E-state index in [0.29, 0.717) is 36.6 Å². The summed E-state index contributed by atoms with van der Waals surface area (Å²) in [6.45, 7) is 4.55. The summed E-state index contributed by atoms with van der Waals surface area (Å²) in [4.78, 5) is 34.6. The molecule has 4 unspecified atom stereocenters. The lowest BCUT2D eigenvalue weighted by atomic mass is 9.78.